The first-order valence-electron chi connectivity index (χ1n) is 12.6. The molecule has 4 rings (SSSR count). The van der Waals surface area contributed by atoms with E-state index in [2.05, 4.69) is 18.7 Å². The monoisotopic (exact) mass is 498 g/mol. The number of Topliss-reactive ketones (excluding diaryl/α,β-unsaturated/α-hetero) is 1. The number of ether oxygens (including phenoxy) is 1. The Labute approximate surface area is 218 Å². The molecule has 0 bridgehead atoms. The van der Waals surface area contributed by atoms with Gasteiger partial charge in [0.25, 0.3) is 11.7 Å². The number of aryl methyl sites for hydroxylation is 3. The van der Waals surface area contributed by atoms with Gasteiger partial charge in [0.2, 0.25) is 0 Å². The van der Waals surface area contributed by atoms with E-state index in [9.17, 15) is 14.7 Å². The molecule has 1 amide bonds. The van der Waals surface area contributed by atoms with Crippen molar-refractivity contribution in [2.24, 2.45) is 0 Å². The first-order valence-corrected chi connectivity index (χ1v) is 12.6. The molecule has 1 atom stereocenters. The number of rotatable bonds is 7. The normalized spacial score (nSPS) is 16.8. The van der Waals surface area contributed by atoms with Gasteiger partial charge in [0.05, 0.1) is 18.7 Å². The van der Waals surface area contributed by atoms with Crippen LogP contribution < -0.4 is 14.5 Å². The Bertz CT molecular complexity index is 1370. The van der Waals surface area contributed by atoms with E-state index in [-0.39, 0.29) is 11.3 Å². The van der Waals surface area contributed by atoms with Gasteiger partial charge in [-0.25, -0.2) is 0 Å². The van der Waals surface area contributed by atoms with E-state index in [0.717, 1.165) is 41.0 Å². The molecule has 1 heterocycles. The van der Waals surface area contributed by atoms with Gasteiger partial charge < -0.3 is 14.7 Å². The van der Waals surface area contributed by atoms with Crippen LogP contribution in [-0.2, 0) is 9.59 Å². The highest BCUT2D eigenvalue weighted by Gasteiger charge is 2.47. The third-order valence-electron chi connectivity index (χ3n) is 7.24. The molecule has 6 nitrogen and oxygen atoms in total. The highest BCUT2D eigenvalue weighted by atomic mass is 16.5. The van der Waals surface area contributed by atoms with Crippen LogP contribution in [0.4, 0.5) is 11.4 Å². The minimum atomic E-state index is -0.769. The van der Waals surface area contributed by atoms with Crippen molar-refractivity contribution in [1.82, 2.24) is 0 Å². The van der Waals surface area contributed by atoms with Crippen molar-refractivity contribution >= 4 is 28.8 Å². The van der Waals surface area contributed by atoms with Crippen molar-refractivity contribution in [3.8, 4) is 5.75 Å². The fraction of sp³-hybridized carbons (Fsp3) is 0.290. The maximum absolute atomic E-state index is 13.5. The Morgan fingerprint density at radius 2 is 1.57 bits per heavy atom. The first-order chi connectivity index (χ1) is 17.7. The lowest BCUT2D eigenvalue weighted by molar-refractivity contribution is -0.132. The topological polar surface area (TPSA) is 70.1 Å². The highest BCUT2D eigenvalue weighted by Crippen LogP contribution is 2.43. The molecule has 1 aliphatic rings. The Morgan fingerprint density at radius 1 is 0.892 bits per heavy atom. The van der Waals surface area contributed by atoms with Crippen molar-refractivity contribution in [3.05, 3.63) is 94.1 Å². The minimum absolute atomic E-state index is 0.0760. The van der Waals surface area contributed by atoms with Gasteiger partial charge in [0.1, 0.15) is 11.5 Å². The third kappa shape index (κ3) is 4.71. The van der Waals surface area contributed by atoms with Crippen molar-refractivity contribution in [2.75, 3.05) is 30.0 Å². The molecule has 0 saturated carbocycles. The molecule has 0 aliphatic carbocycles. The summed E-state index contributed by atoms with van der Waals surface area (Å²) in [6.45, 7) is 11.8. The van der Waals surface area contributed by atoms with Crippen LogP contribution in [0.5, 0.6) is 5.75 Å². The zero-order chi connectivity index (χ0) is 26.9. The number of amides is 1. The van der Waals surface area contributed by atoms with Crippen molar-refractivity contribution in [2.45, 2.75) is 40.7 Å². The van der Waals surface area contributed by atoms with E-state index in [1.54, 1.807) is 25.3 Å². The number of nitrogens with zero attached hydrogens (tertiary/aromatic N) is 2. The fourth-order valence-electron chi connectivity index (χ4n) is 4.92. The smallest absolute Gasteiger partial charge is 0.300 e. The minimum Gasteiger partial charge on any atom is -0.507 e. The standard InChI is InChI=1S/C31H34N2O4/c1-7-32(8-2)23-13-10-22(11-14-23)28-27(29(34)26-16-15-25(37-6)18-21(26)5)30(35)31(36)33(28)24-12-9-19(3)20(4)17-24/h9-18,28,34H,7-8H2,1-6H3/b29-27-. The quantitative estimate of drug-likeness (QED) is 0.242. The lowest BCUT2D eigenvalue weighted by atomic mass is 9.93. The Hall–Kier alpha value is -4.06. The number of carbonyl (C=O) groups is 2. The van der Waals surface area contributed by atoms with Gasteiger partial charge >= 0.3 is 0 Å². The fourth-order valence-corrected chi connectivity index (χ4v) is 4.92. The van der Waals surface area contributed by atoms with E-state index >= 15 is 0 Å². The van der Waals surface area contributed by atoms with E-state index in [1.165, 1.54) is 4.90 Å². The van der Waals surface area contributed by atoms with Crippen LogP contribution in [0, 0.1) is 20.8 Å². The van der Waals surface area contributed by atoms with Crippen LogP contribution >= 0.6 is 0 Å². The first kappa shape index (κ1) is 26.0. The molecule has 0 spiro atoms. The molecule has 1 saturated heterocycles. The molecule has 6 heteroatoms. The molecule has 3 aromatic carbocycles. The number of aliphatic hydroxyl groups is 1. The third-order valence-corrected chi connectivity index (χ3v) is 7.24. The predicted octanol–water partition coefficient (Wildman–Crippen LogP) is 6.09. The van der Waals surface area contributed by atoms with Crippen LogP contribution in [0.15, 0.2) is 66.2 Å². The maximum atomic E-state index is 13.5. The van der Waals surface area contributed by atoms with Crippen molar-refractivity contribution < 1.29 is 19.4 Å². The Balaban J connectivity index is 1.92. The second-order valence-electron chi connectivity index (χ2n) is 9.38. The summed E-state index contributed by atoms with van der Waals surface area (Å²) >= 11 is 0. The molecule has 0 radical (unpaired) electrons. The van der Waals surface area contributed by atoms with Crippen LogP contribution in [-0.4, -0.2) is 37.0 Å². The summed E-state index contributed by atoms with van der Waals surface area (Å²) in [6.07, 6.45) is 0. The zero-order valence-electron chi connectivity index (χ0n) is 22.3. The second-order valence-corrected chi connectivity index (χ2v) is 9.38. The van der Waals surface area contributed by atoms with Crippen LogP contribution in [0.25, 0.3) is 5.76 Å². The molecule has 3 aromatic rings. The summed E-state index contributed by atoms with van der Waals surface area (Å²) in [7, 11) is 1.57. The van der Waals surface area contributed by atoms with E-state index in [0.29, 0.717) is 17.0 Å². The highest BCUT2D eigenvalue weighted by molar-refractivity contribution is 6.51. The van der Waals surface area contributed by atoms with Gasteiger partial charge in [-0.3, -0.25) is 14.5 Å². The van der Waals surface area contributed by atoms with E-state index in [1.807, 2.05) is 63.2 Å². The summed E-state index contributed by atoms with van der Waals surface area (Å²) in [5.74, 6) is -0.909. The second kappa shape index (κ2) is 10.5. The van der Waals surface area contributed by atoms with Gasteiger partial charge in [-0.15, -0.1) is 0 Å². The number of hydrogen-bond donors (Lipinski definition) is 1. The zero-order valence-corrected chi connectivity index (χ0v) is 22.3. The number of ketones is 1. The number of benzene rings is 3. The van der Waals surface area contributed by atoms with Crippen LogP contribution in [0.1, 0.15) is 47.7 Å². The summed E-state index contributed by atoms with van der Waals surface area (Å²) in [4.78, 5) is 30.7. The van der Waals surface area contributed by atoms with Gasteiger partial charge in [-0.1, -0.05) is 18.2 Å². The van der Waals surface area contributed by atoms with E-state index < -0.39 is 17.7 Å². The van der Waals surface area contributed by atoms with Crippen molar-refractivity contribution in [3.63, 3.8) is 0 Å². The van der Waals surface area contributed by atoms with Crippen LogP contribution in [0.2, 0.25) is 0 Å². The van der Waals surface area contributed by atoms with Gasteiger partial charge in [0, 0.05) is 30.0 Å². The van der Waals surface area contributed by atoms with Crippen LogP contribution in [0.3, 0.4) is 0 Å². The molecular formula is C31H34N2O4. The SMILES string of the molecule is CCN(CC)c1ccc(C2/C(=C(/O)c3ccc(OC)cc3C)C(=O)C(=O)N2c2ccc(C)c(C)c2)cc1. The summed E-state index contributed by atoms with van der Waals surface area (Å²) < 4.78 is 5.30. The van der Waals surface area contributed by atoms with E-state index in [4.69, 9.17) is 4.74 Å². The number of carbonyl (C=O) groups excluding carboxylic acids is 2. The van der Waals surface area contributed by atoms with Gasteiger partial charge in [-0.2, -0.15) is 0 Å². The molecule has 37 heavy (non-hydrogen) atoms. The average Bonchev–Trinajstić information content (AvgIpc) is 3.16. The lowest BCUT2D eigenvalue weighted by Crippen LogP contribution is -2.29. The number of aliphatic hydroxyl groups excluding tert-OH is 1. The Kier molecular flexibility index (Phi) is 7.39. The Morgan fingerprint density at radius 3 is 2.14 bits per heavy atom. The summed E-state index contributed by atoms with van der Waals surface area (Å²) in [5.41, 5.74) is 5.84. The molecule has 1 unspecified atom stereocenters. The molecule has 1 fully saturated rings. The summed E-state index contributed by atoms with van der Waals surface area (Å²) in [5, 5.41) is 11.5. The number of anilines is 2. The number of hydrogen-bond acceptors (Lipinski definition) is 5. The number of methoxy groups -OCH3 is 1. The van der Waals surface area contributed by atoms with Gasteiger partial charge in [-0.05, 0) is 99.3 Å². The molecule has 192 valence electrons. The average molecular weight is 499 g/mol. The van der Waals surface area contributed by atoms with Gasteiger partial charge in [0.15, 0.2) is 0 Å². The molecule has 1 N–H and O–H groups in total. The van der Waals surface area contributed by atoms with Crippen molar-refractivity contribution in [1.29, 1.82) is 0 Å². The molecule has 1 aliphatic heterocycles. The predicted molar refractivity (Wildman–Crippen MR) is 148 cm³/mol. The molecule has 0 aromatic heterocycles. The molecular weight excluding hydrogens is 464 g/mol. The summed E-state index contributed by atoms with van der Waals surface area (Å²) in [6, 6.07) is 18.1. The maximum Gasteiger partial charge on any atom is 0.300 e. The largest absolute Gasteiger partial charge is 0.507 e. The lowest BCUT2D eigenvalue weighted by Gasteiger charge is -2.27.